The Morgan fingerprint density at radius 2 is 0.918 bits per heavy atom. The van der Waals surface area contributed by atoms with Crippen LogP contribution in [0.1, 0.15) is 0 Å². The van der Waals surface area contributed by atoms with Crippen LogP contribution in [0.3, 0.4) is 0 Å². The fourth-order valence-electron chi connectivity index (χ4n) is 7.39. The summed E-state index contributed by atoms with van der Waals surface area (Å²) < 4.78 is 12.8. The van der Waals surface area contributed by atoms with Gasteiger partial charge in [-0.3, -0.25) is 0 Å². The molecule has 49 heavy (non-hydrogen) atoms. The first-order valence-corrected chi connectivity index (χ1v) is 16.6. The quantitative estimate of drug-likeness (QED) is 0.190. The van der Waals surface area contributed by atoms with E-state index in [2.05, 4.69) is 157 Å². The third-order valence-corrected chi connectivity index (χ3v) is 9.68. The molecule has 0 aliphatic heterocycles. The highest BCUT2D eigenvalue weighted by Gasteiger charge is 2.19. The second-order valence-corrected chi connectivity index (χ2v) is 12.5. The Labute approximate surface area is 282 Å². The summed E-state index contributed by atoms with van der Waals surface area (Å²) in [5.74, 6) is 0. The van der Waals surface area contributed by atoms with E-state index in [1.54, 1.807) is 0 Å². The molecule has 10 rings (SSSR count). The first kappa shape index (κ1) is 27.5. The Bertz CT molecular complexity index is 2800. The van der Waals surface area contributed by atoms with Crippen molar-refractivity contribution in [2.75, 3.05) is 4.90 Å². The number of benzene rings is 8. The molecule has 0 radical (unpaired) electrons. The predicted molar refractivity (Wildman–Crippen MR) is 204 cm³/mol. The van der Waals surface area contributed by atoms with Gasteiger partial charge >= 0.3 is 0 Å². The van der Waals surface area contributed by atoms with Crippen molar-refractivity contribution < 1.29 is 8.83 Å². The summed E-state index contributed by atoms with van der Waals surface area (Å²) in [4.78, 5) is 2.35. The largest absolute Gasteiger partial charge is 0.456 e. The van der Waals surface area contributed by atoms with Gasteiger partial charge in [0.25, 0.3) is 0 Å². The van der Waals surface area contributed by atoms with Gasteiger partial charge in [0.15, 0.2) is 0 Å². The molecule has 10 aromatic rings. The SMILES string of the molecule is c1ccc(-c2ccc(N(c3ccc(-c4cccc5c4oc4ccc6oc7ccccc7c6c45)cc3)c3cccc4ccccc34)cc2)cc1. The molecule has 0 aliphatic carbocycles. The Morgan fingerprint density at radius 3 is 1.71 bits per heavy atom. The van der Waals surface area contributed by atoms with Crippen LogP contribution in [0.15, 0.2) is 185 Å². The van der Waals surface area contributed by atoms with Gasteiger partial charge in [-0.1, -0.05) is 127 Å². The van der Waals surface area contributed by atoms with Crippen molar-refractivity contribution >= 4 is 71.7 Å². The maximum atomic E-state index is 6.62. The molecule has 0 saturated heterocycles. The molecule has 0 aliphatic rings. The van der Waals surface area contributed by atoms with E-state index < -0.39 is 0 Å². The third-order valence-electron chi connectivity index (χ3n) is 9.68. The molecule has 3 heteroatoms. The van der Waals surface area contributed by atoms with Gasteiger partial charge in [-0.05, 0) is 70.6 Å². The summed E-state index contributed by atoms with van der Waals surface area (Å²) >= 11 is 0. The van der Waals surface area contributed by atoms with Crippen LogP contribution in [0.5, 0.6) is 0 Å². The summed E-state index contributed by atoms with van der Waals surface area (Å²) in [6.45, 7) is 0. The molecule has 0 atom stereocenters. The minimum absolute atomic E-state index is 0.860. The van der Waals surface area contributed by atoms with Crippen LogP contribution >= 0.6 is 0 Å². The van der Waals surface area contributed by atoms with E-state index in [9.17, 15) is 0 Å². The van der Waals surface area contributed by atoms with Crippen molar-refractivity contribution in [3.05, 3.63) is 176 Å². The normalized spacial score (nSPS) is 11.7. The zero-order valence-electron chi connectivity index (χ0n) is 26.5. The Morgan fingerprint density at radius 1 is 0.347 bits per heavy atom. The van der Waals surface area contributed by atoms with Gasteiger partial charge in [0.2, 0.25) is 0 Å². The Hall–Kier alpha value is -6.58. The molecule has 2 heterocycles. The van der Waals surface area contributed by atoms with Crippen LogP contribution in [-0.4, -0.2) is 0 Å². The van der Waals surface area contributed by atoms with Crippen LogP contribution in [0.4, 0.5) is 17.1 Å². The first-order chi connectivity index (χ1) is 24.3. The topological polar surface area (TPSA) is 29.5 Å². The van der Waals surface area contributed by atoms with Gasteiger partial charge in [0.05, 0.1) is 5.69 Å². The maximum Gasteiger partial charge on any atom is 0.143 e. The van der Waals surface area contributed by atoms with E-state index in [-0.39, 0.29) is 0 Å². The summed E-state index contributed by atoms with van der Waals surface area (Å²) in [5.41, 5.74) is 11.4. The lowest BCUT2D eigenvalue weighted by atomic mass is 10.00. The lowest BCUT2D eigenvalue weighted by Gasteiger charge is -2.27. The van der Waals surface area contributed by atoms with Gasteiger partial charge in [0, 0.05) is 43.9 Å². The average molecular weight is 628 g/mol. The zero-order valence-corrected chi connectivity index (χ0v) is 26.5. The van der Waals surface area contributed by atoms with Crippen molar-refractivity contribution in [1.82, 2.24) is 0 Å². The van der Waals surface area contributed by atoms with Crippen LogP contribution in [-0.2, 0) is 0 Å². The number of hydrogen-bond donors (Lipinski definition) is 0. The molecule has 230 valence electrons. The molecule has 0 spiro atoms. The summed E-state index contributed by atoms with van der Waals surface area (Å²) in [6, 6.07) is 62.0. The minimum Gasteiger partial charge on any atom is -0.456 e. The zero-order chi connectivity index (χ0) is 32.3. The number of hydrogen-bond acceptors (Lipinski definition) is 3. The number of rotatable bonds is 5. The second kappa shape index (κ2) is 11.0. The highest BCUT2D eigenvalue weighted by Crippen LogP contribution is 2.44. The van der Waals surface area contributed by atoms with E-state index in [1.807, 2.05) is 24.3 Å². The van der Waals surface area contributed by atoms with E-state index in [0.717, 1.165) is 72.1 Å². The molecule has 2 aromatic heterocycles. The van der Waals surface area contributed by atoms with Crippen LogP contribution < -0.4 is 4.90 Å². The lowest BCUT2D eigenvalue weighted by Crippen LogP contribution is -2.10. The molecule has 0 N–H and O–H groups in total. The molecule has 0 bridgehead atoms. The summed E-state index contributed by atoms with van der Waals surface area (Å²) in [7, 11) is 0. The molecular formula is C46H29NO2. The summed E-state index contributed by atoms with van der Waals surface area (Å²) in [6.07, 6.45) is 0. The number of fused-ring (bicyclic) bond motifs is 8. The van der Waals surface area contributed by atoms with Gasteiger partial charge in [-0.2, -0.15) is 0 Å². The minimum atomic E-state index is 0.860. The van der Waals surface area contributed by atoms with E-state index >= 15 is 0 Å². The number of nitrogens with zero attached hydrogens (tertiary/aromatic N) is 1. The highest BCUT2D eigenvalue weighted by atomic mass is 16.3. The lowest BCUT2D eigenvalue weighted by molar-refractivity contribution is 0.663. The van der Waals surface area contributed by atoms with Crippen molar-refractivity contribution in [1.29, 1.82) is 0 Å². The van der Waals surface area contributed by atoms with Gasteiger partial charge in [-0.15, -0.1) is 0 Å². The van der Waals surface area contributed by atoms with Gasteiger partial charge < -0.3 is 13.7 Å². The number of anilines is 3. The van der Waals surface area contributed by atoms with Crippen LogP contribution in [0, 0.1) is 0 Å². The first-order valence-electron chi connectivity index (χ1n) is 16.6. The van der Waals surface area contributed by atoms with Crippen LogP contribution in [0.25, 0.3) is 76.9 Å². The van der Waals surface area contributed by atoms with Crippen LogP contribution in [0.2, 0.25) is 0 Å². The van der Waals surface area contributed by atoms with Crippen molar-refractivity contribution in [2.24, 2.45) is 0 Å². The van der Waals surface area contributed by atoms with Crippen molar-refractivity contribution in [2.45, 2.75) is 0 Å². The molecule has 0 amide bonds. The second-order valence-electron chi connectivity index (χ2n) is 12.5. The average Bonchev–Trinajstić information content (AvgIpc) is 3.74. The molecule has 0 fully saturated rings. The van der Waals surface area contributed by atoms with Crippen molar-refractivity contribution in [3.63, 3.8) is 0 Å². The monoisotopic (exact) mass is 627 g/mol. The molecule has 0 saturated carbocycles. The van der Waals surface area contributed by atoms with E-state index in [1.165, 1.54) is 21.9 Å². The maximum absolute atomic E-state index is 6.62. The van der Waals surface area contributed by atoms with Crippen molar-refractivity contribution in [3.8, 4) is 22.3 Å². The number of furan rings is 2. The van der Waals surface area contributed by atoms with Gasteiger partial charge in [0.1, 0.15) is 22.3 Å². The molecular weight excluding hydrogens is 599 g/mol. The predicted octanol–water partition coefficient (Wildman–Crippen LogP) is 13.4. The fourth-order valence-corrected chi connectivity index (χ4v) is 7.39. The summed E-state index contributed by atoms with van der Waals surface area (Å²) in [5, 5.41) is 6.79. The van der Waals surface area contributed by atoms with Gasteiger partial charge in [-0.25, -0.2) is 0 Å². The van der Waals surface area contributed by atoms with E-state index in [4.69, 9.17) is 8.83 Å². The molecule has 3 nitrogen and oxygen atoms in total. The Kier molecular flexibility index (Phi) is 6.18. The highest BCUT2D eigenvalue weighted by molar-refractivity contribution is 6.26. The molecule has 8 aromatic carbocycles. The Balaban J connectivity index is 1.11. The smallest absolute Gasteiger partial charge is 0.143 e. The third kappa shape index (κ3) is 4.44. The standard InChI is InChI=1S/C46H29NO2/c1-2-10-30(11-3-1)31-20-24-34(25-21-31)47(40-18-8-13-32-12-4-5-14-36(32)40)35-26-22-33(23-27-35)37-16-9-17-39-45-43(49-46(37)39)29-28-42-44(45)38-15-6-7-19-41(38)48-42/h1-29H. The fraction of sp³-hybridized carbons (Fsp3) is 0. The van der Waals surface area contributed by atoms with E-state index in [0.29, 0.717) is 0 Å². The molecule has 0 unspecified atom stereocenters. The number of para-hydroxylation sites is 2.